The van der Waals surface area contributed by atoms with Gasteiger partial charge in [-0.2, -0.15) is 0 Å². The number of morpholine rings is 1. The van der Waals surface area contributed by atoms with Gasteiger partial charge in [-0.1, -0.05) is 6.07 Å². The summed E-state index contributed by atoms with van der Waals surface area (Å²) < 4.78 is 9.92. The van der Waals surface area contributed by atoms with E-state index in [2.05, 4.69) is 0 Å². The summed E-state index contributed by atoms with van der Waals surface area (Å²) in [6.45, 7) is 0.912. The number of amides is 1. The number of benzene rings is 1. The van der Waals surface area contributed by atoms with Crippen molar-refractivity contribution in [2.45, 2.75) is 6.04 Å². The van der Waals surface area contributed by atoms with E-state index >= 15 is 0 Å². The number of anilines is 1. The van der Waals surface area contributed by atoms with E-state index in [0.717, 1.165) is 0 Å². The van der Waals surface area contributed by atoms with E-state index in [0.29, 0.717) is 24.4 Å². The molecule has 0 radical (unpaired) electrons. The van der Waals surface area contributed by atoms with Crippen molar-refractivity contribution in [3.05, 3.63) is 29.8 Å². The van der Waals surface area contributed by atoms with Crippen molar-refractivity contribution in [2.75, 3.05) is 32.6 Å². The van der Waals surface area contributed by atoms with E-state index in [4.69, 9.17) is 15.2 Å². The molecule has 1 heterocycles. The molecule has 102 valence electrons. The first-order valence-electron chi connectivity index (χ1n) is 5.95. The molecule has 1 unspecified atom stereocenters. The summed E-state index contributed by atoms with van der Waals surface area (Å²) in [7, 11) is 1.29. The van der Waals surface area contributed by atoms with Crippen LogP contribution in [-0.4, -0.2) is 49.7 Å². The van der Waals surface area contributed by atoms with Crippen LogP contribution >= 0.6 is 0 Å². The zero-order valence-electron chi connectivity index (χ0n) is 10.7. The molecule has 0 bridgehead atoms. The number of ether oxygens (including phenoxy) is 2. The zero-order valence-corrected chi connectivity index (χ0v) is 10.7. The number of nitrogen functional groups attached to an aromatic ring is 1. The minimum absolute atomic E-state index is 0.154. The van der Waals surface area contributed by atoms with Crippen LogP contribution in [-0.2, 0) is 14.3 Å². The van der Waals surface area contributed by atoms with Crippen molar-refractivity contribution in [1.82, 2.24) is 4.90 Å². The Morgan fingerprint density at radius 1 is 1.47 bits per heavy atom. The van der Waals surface area contributed by atoms with E-state index in [1.165, 1.54) is 12.0 Å². The van der Waals surface area contributed by atoms with Crippen LogP contribution in [0.3, 0.4) is 0 Å². The summed E-state index contributed by atoms with van der Waals surface area (Å²) in [5.41, 5.74) is 6.62. The van der Waals surface area contributed by atoms with Crippen molar-refractivity contribution >= 4 is 17.6 Å². The van der Waals surface area contributed by atoms with Gasteiger partial charge in [-0.25, -0.2) is 4.79 Å². The van der Waals surface area contributed by atoms with Crippen LogP contribution in [0.2, 0.25) is 0 Å². The molecule has 2 N–H and O–H groups in total. The van der Waals surface area contributed by atoms with Gasteiger partial charge in [-0.15, -0.1) is 0 Å². The molecule has 6 nitrogen and oxygen atoms in total. The molecule has 0 spiro atoms. The average molecular weight is 264 g/mol. The molecule has 1 atom stereocenters. The van der Waals surface area contributed by atoms with E-state index in [-0.39, 0.29) is 12.5 Å². The van der Waals surface area contributed by atoms with Crippen LogP contribution in [0.15, 0.2) is 24.3 Å². The lowest BCUT2D eigenvalue weighted by molar-refractivity contribution is -0.151. The third-order valence-electron chi connectivity index (χ3n) is 3.00. The number of hydrogen-bond acceptors (Lipinski definition) is 5. The number of nitrogens with zero attached hydrogens (tertiary/aromatic N) is 1. The van der Waals surface area contributed by atoms with Crippen LogP contribution in [0.25, 0.3) is 0 Å². The van der Waals surface area contributed by atoms with Gasteiger partial charge in [0, 0.05) is 17.8 Å². The Morgan fingerprint density at radius 2 is 2.26 bits per heavy atom. The molecule has 2 rings (SSSR count). The molecule has 1 amide bonds. The highest BCUT2D eigenvalue weighted by molar-refractivity contribution is 5.97. The fraction of sp³-hybridized carbons (Fsp3) is 0.385. The number of hydrogen-bond donors (Lipinski definition) is 1. The highest BCUT2D eigenvalue weighted by Gasteiger charge is 2.34. The number of esters is 1. The Morgan fingerprint density at radius 3 is 2.95 bits per heavy atom. The Kier molecular flexibility index (Phi) is 4.01. The van der Waals surface area contributed by atoms with Gasteiger partial charge in [0.15, 0.2) is 6.04 Å². The maximum Gasteiger partial charge on any atom is 0.331 e. The van der Waals surface area contributed by atoms with Gasteiger partial charge in [-0.3, -0.25) is 4.79 Å². The normalized spacial score (nSPS) is 19.0. The van der Waals surface area contributed by atoms with Crippen molar-refractivity contribution in [3.63, 3.8) is 0 Å². The number of nitrogens with two attached hydrogens (primary N) is 1. The topological polar surface area (TPSA) is 81.9 Å². The smallest absolute Gasteiger partial charge is 0.331 e. The maximum atomic E-state index is 12.4. The van der Waals surface area contributed by atoms with Gasteiger partial charge in [0.25, 0.3) is 5.91 Å². The molecule has 19 heavy (non-hydrogen) atoms. The van der Waals surface area contributed by atoms with Gasteiger partial charge in [0.05, 0.1) is 20.3 Å². The van der Waals surface area contributed by atoms with Gasteiger partial charge in [0.2, 0.25) is 0 Å². The number of carbonyl (C=O) groups is 2. The van der Waals surface area contributed by atoms with Crippen molar-refractivity contribution in [1.29, 1.82) is 0 Å². The van der Waals surface area contributed by atoms with Crippen LogP contribution in [0.5, 0.6) is 0 Å². The second kappa shape index (κ2) is 5.71. The molecule has 1 fully saturated rings. The lowest BCUT2D eigenvalue weighted by Gasteiger charge is -2.33. The standard InChI is InChI=1S/C13H16N2O4/c1-18-13(17)11-8-19-6-5-15(11)12(16)9-3-2-4-10(14)7-9/h2-4,7,11H,5-6,8,14H2,1H3. The Balaban J connectivity index is 2.22. The van der Waals surface area contributed by atoms with Crippen LogP contribution in [0.4, 0.5) is 5.69 Å². The number of methoxy groups -OCH3 is 1. The Labute approximate surface area is 111 Å². The fourth-order valence-corrected chi connectivity index (χ4v) is 2.02. The molecule has 0 saturated carbocycles. The minimum Gasteiger partial charge on any atom is -0.467 e. The lowest BCUT2D eigenvalue weighted by atomic mass is 10.1. The monoisotopic (exact) mass is 264 g/mol. The van der Waals surface area contributed by atoms with Crippen LogP contribution in [0, 0.1) is 0 Å². The third kappa shape index (κ3) is 2.85. The molecule has 1 saturated heterocycles. The average Bonchev–Trinajstić information content (AvgIpc) is 2.45. The summed E-state index contributed by atoms with van der Waals surface area (Å²) in [4.78, 5) is 25.5. The molecule has 0 aliphatic carbocycles. The van der Waals surface area contributed by atoms with Crippen LogP contribution in [0.1, 0.15) is 10.4 Å². The molecule has 1 aliphatic heterocycles. The van der Waals surface area contributed by atoms with Gasteiger partial charge < -0.3 is 20.1 Å². The maximum absolute atomic E-state index is 12.4. The second-order valence-corrected chi connectivity index (χ2v) is 4.24. The fourth-order valence-electron chi connectivity index (χ4n) is 2.02. The summed E-state index contributed by atoms with van der Waals surface area (Å²) in [5, 5.41) is 0. The molecular weight excluding hydrogens is 248 g/mol. The molecule has 1 aromatic carbocycles. The Bertz CT molecular complexity index is 489. The summed E-state index contributed by atoms with van der Waals surface area (Å²) in [6, 6.07) is 5.96. The van der Waals surface area contributed by atoms with Gasteiger partial charge >= 0.3 is 5.97 Å². The highest BCUT2D eigenvalue weighted by atomic mass is 16.5. The molecule has 1 aromatic rings. The van der Waals surface area contributed by atoms with E-state index in [9.17, 15) is 9.59 Å². The largest absolute Gasteiger partial charge is 0.467 e. The molecule has 1 aliphatic rings. The first-order chi connectivity index (χ1) is 9.13. The van der Waals surface area contributed by atoms with Crippen molar-refractivity contribution in [3.8, 4) is 0 Å². The predicted molar refractivity (Wildman–Crippen MR) is 68.5 cm³/mol. The number of rotatable bonds is 2. The first kappa shape index (κ1) is 13.4. The zero-order chi connectivity index (χ0) is 13.8. The highest BCUT2D eigenvalue weighted by Crippen LogP contribution is 2.15. The quantitative estimate of drug-likeness (QED) is 0.613. The lowest BCUT2D eigenvalue weighted by Crippen LogP contribution is -2.53. The predicted octanol–water partition coefficient (Wildman–Crippen LogP) is 0.283. The molecule has 0 aromatic heterocycles. The summed E-state index contributed by atoms with van der Waals surface area (Å²) in [6.07, 6.45) is 0. The van der Waals surface area contributed by atoms with Crippen molar-refractivity contribution in [2.24, 2.45) is 0 Å². The second-order valence-electron chi connectivity index (χ2n) is 4.24. The summed E-state index contributed by atoms with van der Waals surface area (Å²) >= 11 is 0. The van der Waals surface area contributed by atoms with E-state index in [1.807, 2.05) is 0 Å². The van der Waals surface area contributed by atoms with Gasteiger partial charge in [-0.05, 0) is 18.2 Å². The molecule has 6 heteroatoms. The first-order valence-corrected chi connectivity index (χ1v) is 5.95. The summed E-state index contributed by atoms with van der Waals surface area (Å²) in [5.74, 6) is -0.719. The van der Waals surface area contributed by atoms with E-state index < -0.39 is 12.0 Å². The number of carbonyl (C=O) groups excluding carboxylic acids is 2. The van der Waals surface area contributed by atoms with E-state index in [1.54, 1.807) is 24.3 Å². The van der Waals surface area contributed by atoms with Crippen molar-refractivity contribution < 1.29 is 19.1 Å². The minimum atomic E-state index is -0.701. The Hall–Kier alpha value is -2.08. The third-order valence-corrected chi connectivity index (χ3v) is 3.00. The SMILES string of the molecule is COC(=O)C1COCCN1C(=O)c1cccc(N)c1. The molecular formula is C13H16N2O4. The van der Waals surface area contributed by atoms with Crippen LogP contribution < -0.4 is 5.73 Å². The van der Waals surface area contributed by atoms with Gasteiger partial charge in [0.1, 0.15) is 0 Å².